The molecule has 1 aromatic rings. The Morgan fingerprint density at radius 1 is 1.00 bits per heavy atom. The number of hydrogen-bond acceptors (Lipinski definition) is 5. The molecule has 0 spiro atoms. The van der Waals surface area contributed by atoms with Crippen LogP contribution in [0.4, 0.5) is 4.79 Å². The minimum absolute atomic E-state index is 0.0443. The third kappa shape index (κ3) is 12.7. The Morgan fingerprint density at radius 2 is 1.62 bits per heavy atom. The van der Waals surface area contributed by atoms with Crippen molar-refractivity contribution in [1.29, 1.82) is 0 Å². The largest absolute Gasteiger partial charge is 0.497 e. The van der Waals surface area contributed by atoms with Crippen LogP contribution in [0.25, 0.3) is 0 Å². The number of unbranched alkanes of at least 4 members (excludes halogenated alkanes) is 1. The first-order valence-electron chi connectivity index (χ1n) is 13.9. The van der Waals surface area contributed by atoms with Gasteiger partial charge in [0.05, 0.1) is 19.3 Å². The van der Waals surface area contributed by atoms with Crippen LogP contribution in [0.1, 0.15) is 86.6 Å². The van der Waals surface area contributed by atoms with Gasteiger partial charge in [-0.25, -0.2) is 4.79 Å². The number of rotatable bonds is 15. The maximum absolute atomic E-state index is 12.9. The second-order valence-electron chi connectivity index (χ2n) is 11.8. The third-order valence-corrected chi connectivity index (χ3v) is 6.79. The van der Waals surface area contributed by atoms with Gasteiger partial charge in [0.1, 0.15) is 11.4 Å². The molecule has 0 bridgehead atoms. The van der Waals surface area contributed by atoms with Crippen molar-refractivity contribution in [3.05, 3.63) is 29.8 Å². The van der Waals surface area contributed by atoms with Crippen LogP contribution in [-0.2, 0) is 16.0 Å². The van der Waals surface area contributed by atoms with E-state index in [1.165, 1.54) is 5.56 Å². The number of hydrogen-bond donors (Lipinski definition) is 3. The third-order valence-electron chi connectivity index (χ3n) is 6.79. The van der Waals surface area contributed by atoms with Crippen LogP contribution < -0.4 is 15.4 Å². The molecule has 0 aliphatic rings. The summed E-state index contributed by atoms with van der Waals surface area (Å²) in [5.41, 5.74) is 0.514. The number of carbonyl (C=O) groups is 2. The van der Waals surface area contributed by atoms with Crippen LogP contribution in [0.2, 0.25) is 0 Å². The number of benzene rings is 1. The first kappa shape index (κ1) is 32.7. The molecule has 37 heavy (non-hydrogen) atoms. The quantitative estimate of drug-likeness (QED) is 0.257. The van der Waals surface area contributed by atoms with Gasteiger partial charge in [-0.2, -0.15) is 0 Å². The Morgan fingerprint density at radius 3 is 2.11 bits per heavy atom. The Kier molecular flexibility index (Phi) is 14.0. The molecule has 3 N–H and O–H groups in total. The molecule has 4 atom stereocenters. The summed E-state index contributed by atoms with van der Waals surface area (Å²) in [4.78, 5) is 25.7. The van der Waals surface area contributed by atoms with Gasteiger partial charge < -0.3 is 25.2 Å². The summed E-state index contributed by atoms with van der Waals surface area (Å²) >= 11 is 0. The Hall–Kier alpha value is -2.28. The van der Waals surface area contributed by atoms with Crippen molar-refractivity contribution in [2.24, 2.45) is 23.7 Å². The van der Waals surface area contributed by atoms with Crippen molar-refractivity contribution in [1.82, 2.24) is 10.6 Å². The van der Waals surface area contributed by atoms with Crippen molar-refractivity contribution in [2.45, 2.75) is 105 Å². The average molecular weight is 521 g/mol. The molecule has 0 aliphatic carbocycles. The van der Waals surface area contributed by atoms with E-state index in [9.17, 15) is 14.7 Å². The number of carbonyl (C=O) groups excluding carboxylic acids is 2. The predicted octanol–water partition coefficient (Wildman–Crippen LogP) is 5.73. The van der Waals surface area contributed by atoms with Crippen LogP contribution >= 0.6 is 0 Å². The number of amides is 2. The number of aliphatic hydroxyl groups is 1. The lowest BCUT2D eigenvalue weighted by atomic mass is 9.80. The van der Waals surface area contributed by atoms with E-state index in [-0.39, 0.29) is 30.1 Å². The Bertz CT molecular complexity index is 801. The second-order valence-corrected chi connectivity index (χ2v) is 11.8. The number of methoxy groups -OCH3 is 1. The van der Waals surface area contributed by atoms with Crippen LogP contribution in [0.15, 0.2) is 24.3 Å². The zero-order chi connectivity index (χ0) is 28.2. The summed E-state index contributed by atoms with van der Waals surface area (Å²) in [6.45, 7) is 16.5. The molecule has 0 radical (unpaired) electrons. The van der Waals surface area contributed by atoms with Crippen LogP contribution in [0.3, 0.4) is 0 Å². The van der Waals surface area contributed by atoms with Gasteiger partial charge in [0.15, 0.2) is 0 Å². The minimum Gasteiger partial charge on any atom is -0.497 e. The molecule has 0 unspecified atom stereocenters. The van der Waals surface area contributed by atoms with Crippen molar-refractivity contribution in [2.75, 3.05) is 13.7 Å². The lowest BCUT2D eigenvalue weighted by Crippen LogP contribution is -2.48. The molecule has 7 nitrogen and oxygen atoms in total. The highest BCUT2D eigenvalue weighted by atomic mass is 16.6. The van der Waals surface area contributed by atoms with E-state index in [0.717, 1.165) is 25.0 Å². The number of ether oxygens (including phenoxy) is 2. The van der Waals surface area contributed by atoms with Crippen LogP contribution in [0, 0.1) is 23.7 Å². The summed E-state index contributed by atoms with van der Waals surface area (Å²) in [5.74, 6) is 0.973. The topological polar surface area (TPSA) is 96.9 Å². The van der Waals surface area contributed by atoms with Crippen molar-refractivity contribution >= 4 is 12.0 Å². The summed E-state index contributed by atoms with van der Waals surface area (Å²) in [5, 5.41) is 17.3. The van der Waals surface area contributed by atoms with Gasteiger partial charge in [0.25, 0.3) is 0 Å². The minimum atomic E-state index is -0.894. The molecule has 0 heterocycles. The highest BCUT2D eigenvalue weighted by Crippen LogP contribution is 2.27. The second kappa shape index (κ2) is 15.9. The number of aliphatic hydroxyl groups excluding tert-OH is 1. The van der Waals surface area contributed by atoms with E-state index in [1.54, 1.807) is 7.11 Å². The first-order chi connectivity index (χ1) is 17.3. The maximum atomic E-state index is 12.9. The molecule has 0 aliphatic heterocycles. The fourth-order valence-corrected chi connectivity index (χ4v) is 4.38. The van der Waals surface area contributed by atoms with Crippen LogP contribution in [-0.4, -0.2) is 48.5 Å². The summed E-state index contributed by atoms with van der Waals surface area (Å²) in [6.07, 6.45) is 2.10. The molecule has 7 heteroatoms. The van der Waals surface area contributed by atoms with Gasteiger partial charge in [0.2, 0.25) is 5.91 Å². The van der Waals surface area contributed by atoms with Gasteiger partial charge in [-0.05, 0) is 81.9 Å². The molecule has 2 amide bonds. The molecular formula is C30H52N2O5. The lowest BCUT2D eigenvalue weighted by molar-refractivity contribution is -0.127. The fourth-order valence-electron chi connectivity index (χ4n) is 4.38. The molecule has 0 aromatic heterocycles. The number of alkyl carbamates (subject to hydrolysis) is 1. The summed E-state index contributed by atoms with van der Waals surface area (Å²) in [7, 11) is 1.65. The van der Waals surface area contributed by atoms with Crippen LogP contribution in [0.5, 0.6) is 5.75 Å². The predicted molar refractivity (Wildman–Crippen MR) is 150 cm³/mol. The van der Waals surface area contributed by atoms with E-state index >= 15 is 0 Å². The molecule has 1 rings (SSSR count). The first-order valence-corrected chi connectivity index (χ1v) is 13.9. The number of nitrogens with one attached hydrogen (secondary N) is 2. The van der Waals surface area contributed by atoms with Gasteiger partial charge in [-0.15, -0.1) is 0 Å². The molecule has 1 aromatic carbocycles. The standard InChI is InChI=1S/C30H52N2O5/c1-10-11-16-31-28(34)25(21(4)5)19-27(33)26(32-29(35)37-30(6,7)8)18-23(20(2)3)17-22-12-14-24(36-9)15-13-22/h12-15,20-21,23,25-27,33H,10-11,16-19H2,1-9H3,(H,31,34)(H,32,35)/t23-,25+,26-,27-/m0/s1. The van der Waals surface area contributed by atoms with E-state index in [0.29, 0.717) is 18.9 Å². The highest BCUT2D eigenvalue weighted by Gasteiger charge is 2.33. The van der Waals surface area contributed by atoms with Gasteiger partial charge >= 0.3 is 6.09 Å². The zero-order valence-corrected chi connectivity index (χ0v) is 24.6. The van der Waals surface area contributed by atoms with Gasteiger partial charge in [0, 0.05) is 12.5 Å². The normalized spacial score (nSPS) is 15.1. The zero-order valence-electron chi connectivity index (χ0n) is 24.6. The smallest absolute Gasteiger partial charge is 0.407 e. The van der Waals surface area contributed by atoms with E-state index in [2.05, 4.69) is 43.5 Å². The Balaban J connectivity index is 3.11. The van der Waals surface area contributed by atoms with E-state index in [1.807, 2.05) is 46.8 Å². The van der Waals surface area contributed by atoms with Gasteiger partial charge in [-0.3, -0.25) is 4.79 Å². The van der Waals surface area contributed by atoms with Gasteiger partial charge in [-0.1, -0.05) is 53.2 Å². The monoisotopic (exact) mass is 520 g/mol. The van der Waals surface area contributed by atoms with E-state index in [4.69, 9.17) is 9.47 Å². The molecule has 0 saturated carbocycles. The molecular weight excluding hydrogens is 468 g/mol. The average Bonchev–Trinajstić information content (AvgIpc) is 2.80. The van der Waals surface area contributed by atoms with Crippen molar-refractivity contribution in [3.63, 3.8) is 0 Å². The Labute approximate surface area is 225 Å². The fraction of sp³-hybridized carbons (Fsp3) is 0.733. The molecule has 0 fully saturated rings. The highest BCUT2D eigenvalue weighted by molar-refractivity contribution is 5.78. The lowest BCUT2D eigenvalue weighted by Gasteiger charge is -2.33. The van der Waals surface area contributed by atoms with Crippen molar-refractivity contribution in [3.8, 4) is 5.75 Å². The molecule has 212 valence electrons. The SMILES string of the molecule is CCCCNC(=O)[C@H](C[C@H](O)[C@H](C[C@H](Cc1ccc(OC)cc1)C(C)C)NC(=O)OC(C)(C)C)C(C)C. The van der Waals surface area contributed by atoms with Crippen molar-refractivity contribution < 1.29 is 24.2 Å². The summed E-state index contributed by atoms with van der Waals surface area (Å²) < 4.78 is 10.8. The van der Waals surface area contributed by atoms with E-state index < -0.39 is 23.8 Å². The summed E-state index contributed by atoms with van der Waals surface area (Å²) in [6, 6.07) is 7.45. The molecule has 0 saturated heterocycles. The maximum Gasteiger partial charge on any atom is 0.407 e.